The highest BCUT2D eigenvalue weighted by Gasteiger charge is 2.12. The van der Waals surface area contributed by atoms with Crippen molar-refractivity contribution in [2.75, 3.05) is 7.11 Å². The first-order valence-electron chi connectivity index (χ1n) is 11.6. The fourth-order valence-electron chi connectivity index (χ4n) is 3.61. The van der Waals surface area contributed by atoms with Gasteiger partial charge in [-0.2, -0.15) is 0 Å². The lowest BCUT2D eigenvalue weighted by atomic mass is 9.95. The van der Waals surface area contributed by atoms with Crippen molar-refractivity contribution in [1.29, 1.82) is 0 Å². The predicted molar refractivity (Wildman–Crippen MR) is 133 cm³/mol. The van der Waals surface area contributed by atoms with Crippen LogP contribution in [0.15, 0.2) is 47.1 Å². The number of Topliss-reactive ketones (excluding diaryl/α,β-unsaturated/α-hetero) is 1. The number of aryl methyl sites for hydroxylation is 1. The molecule has 0 saturated carbocycles. The molecule has 0 spiro atoms. The van der Waals surface area contributed by atoms with Gasteiger partial charge in [0.2, 0.25) is 0 Å². The number of ether oxygens (including phenoxy) is 1. The van der Waals surface area contributed by atoms with Crippen LogP contribution in [-0.2, 0) is 11.2 Å². The number of carbonyl (C=O) groups excluding carboxylic acids is 1. The molecule has 4 heteroatoms. The van der Waals surface area contributed by atoms with Crippen LogP contribution in [0.1, 0.15) is 77.8 Å². The minimum absolute atomic E-state index is 0.0742. The number of phenols is 1. The Morgan fingerprint density at radius 3 is 2.44 bits per heavy atom. The number of carbonyl (C=O) groups is 1. The van der Waals surface area contributed by atoms with Crippen LogP contribution in [0.5, 0.6) is 11.5 Å². The molecule has 1 rings (SSSR count). The fourth-order valence-corrected chi connectivity index (χ4v) is 3.61. The number of benzene rings is 1. The van der Waals surface area contributed by atoms with Crippen LogP contribution >= 0.6 is 0 Å². The Hall–Kier alpha value is -2.33. The van der Waals surface area contributed by atoms with Crippen molar-refractivity contribution in [2.24, 2.45) is 5.92 Å². The lowest BCUT2D eigenvalue weighted by molar-refractivity contribution is -0.121. The number of methoxy groups -OCH3 is 1. The van der Waals surface area contributed by atoms with Gasteiger partial charge in [-0.25, -0.2) is 0 Å². The van der Waals surface area contributed by atoms with E-state index in [-0.39, 0.29) is 5.92 Å². The number of rotatable bonds is 13. The topological polar surface area (TPSA) is 66.8 Å². The zero-order valence-corrected chi connectivity index (χ0v) is 21.0. The molecule has 1 aromatic carbocycles. The maximum absolute atomic E-state index is 12.1. The molecule has 2 N–H and O–H groups in total. The van der Waals surface area contributed by atoms with E-state index >= 15 is 0 Å². The SMILES string of the molecule is COc1cc(C)c(O)c(CC=C(C)C[C@@H](O)C=C(C)CCC[C@@H](C)C(=O)CC=C(C)C)c1. The van der Waals surface area contributed by atoms with Crippen molar-refractivity contribution in [3.8, 4) is 11.5 Å². The predicted octanol–water partition coefficient (Wildman–Crippen LogP) is 6.63. The van der Waals surface area contributed by atoms with Crippen molar-refractivity contribution < 1.29 is 19.7 Å². The summed E-state index contributed by atoms with van der Waals surface area (Å²) >= 11 is 0. The Balaban J connectivity index is 2.52. The Bertz CT molecular complexity index is 841. The molecule has 0 aliphatic heterocycles. The highest BCUT2D eigenvalue weighted by molar-refractivity contribution is 5.82. The summed E-state index contributed by atoms with van der Waals surface area (Å²) in [5.74, 6) is 1.39. The molecule has 0 radical (unpaired) electrons. The van der Waals surface area contributed by atoms with Gasteiger partial charge in [-0.05, 0) is 84.4 Å². The molecule has 32 heavy (non-hydrogen) atoms. The monoisotopic (exact) mass is 442 g/mol. The molecule has 0 bridgehead atoms. The number of phenolic OH excluding ortho intramolecular Hbond substituents is 1. The van der Waals surface area contributed by atoms with Gasteiger partial charge in [0.05, 0.1) is 13.2 Å². The standard InChI is InChI=1S/C28H42O4/c1-19(2)11-14-27(30)22(5)10-8-9-20(3)15-25(29)16-21(4)12-13-24-18-26(32-7)17-23(6)28(24)31/h11-12,15,17-18,22,25,29,31H,8-10,13-14,16H2,1-7H3/t22-,25+/m1/s1. The molecule has 0 aromatic heterocycles. The van der Waals surface area contributed by atoms with Gasteiger partial charge in [-0.1, -0.05) is 41.9 Å². The summed E-state index contributed by atoms with van der Waals surface area (Å²) in [4.78, 5) is 12.1. The second kappa shape index (κ2) is 13.9. The minimum Gasteiger partial charge on any atom is -0.507 e. The minimum atomic E-state index is -0.538. The normalized spacial score (nSPS) is 14.1. The van der Waals surface area contributed by atoms with Gasteiger partial charge >= 0.3 is 0 Å². The third kappa shape index (κ3) is 10.3. The van der Waals surface area contributed by atoms with E-state index in [1.807, 2.05) is 71.9 Å². The molecule has 0 heterocycles. The van der Waals surface area contributed by atoms with Gasteiger partial charge in [0, 0.05) is 17.9 Å². The van der Waals surface area contributed by atoms with E-state index in [0.29, 0.717) is 30.8 Å². The van der Waals surface area contributed by atoms with Crippen molar-refractivity contribution in [1.82, 2.24) is 0 Å². The first-order chi connectivity index (χ1) is 15.0. The van der Waals surface area contributed by atoms with Gasteiger partial charge in [-0.3, -0.25) is 4.79 Å². The van der Waals surface area contributed by atoms with Crippen molar-refractivity contribution in [2.45, 2.75) is 86.2 Å². The van der Waals surface area contributed by atoms with E-state index in [1.165, 1.54) is 5.57 Å². The van der Waals surface area contributed by atoms with Crippen LogP contribution in [-0.4, -0.2) is 29.2 Å². The van der Waals surface area contributed by atoms with E-state index in [4.69, 9.17) is 4.74 Å². The largest absolute Gasteiger partial charge is 0.507 e. The summed E-state index contributed by atoms with van der Waals surface area (Å²) in [5.41, 5.74) is 5.00. The summed E-state index contributed by atoms with van der Waals surface area (Å²) in [5, 5.41) is 20.7. The van der Waals surface area contributed by atoms with Crippen LogP contribution < -0.4 is 4.74 Å². The Morgan fingerprint density at radius 2 is 1.81 bits per heavy atom. The maximum Gasteiger partial charge on any atom is 0.139 e. The lowest BCUT2D eigenvalue weighted by Gasteiger charge is -2.12. The molecule has 0 unspecified atom stereocenters. The third-order valence-electron chi connectivity index (χ3n) is 5.74. The van der Waals surface area contributed by atoms with Crippen LogP contribution in [0.25, 0.3) is 0 Å². The van der Waals surface area contributed by atoms with Crippen LogP contribution in [0.4, 0.5) is 0 Å². The highest BCUT2D eigenvalue weighted by Crippen LogP contribution is 2.28. The van der Waals surface area contributed by atoms with E-state index in [0.717, 1.165) is 47.3 Å². The fraction of sp³-hybridized carbons (Fsp3) is 0.536. The van der Waals surface area contributed by atoms with E-state index in [2.05, 4.69) is 0 Å². The first kappa shape index (κ1) is 27.7. The summed E-state index contributed by atoms with van der Waals surface area (Å²) in [6, 6.07) is 3.66. The number of aliphatic hydroxyl groups excluding tert-OH is 1. The van der Waals surface area contributed by atoms with E-state index in [1.54, 1.807) is 7.11 Å². The molecule has 0 aliphatic carbocycles. The summed E-state index contributed by atoms with van der Waals surface area (Å²) in [6.07, 6.45) is 9.78. The van der Waals surface area contributed by atoms with E-state index in [9.17, 15) is 15.0 Å². The molecule has 1 aromatic rings. The van der Waals surface area contributed by atoms with Crippen LogP contribution in [0, 0.1) is 12.8 Å². The molecular weight excluding hydrogens is 400 g/mol. The zero-order valence-electron chi connectivity index (χ0n) is 21.0. The average molecular weight is 443 g/mol. The second-order valence-electron chi connectivity index (χ2n) is 9.24. The van der Waals surface area contributed by atoms with Crippen molar-refractivity contribution in [3.63, 3.8) is 0 Å². The molecule has 0 amide bonds. The van der Waals surface area contributed by atoms with Gasteiger partial charge in [-0.15, -0.1) is 0 Å². The average Bonchev–Trinajstić information content (AvgIpc) is 2.72. The first-order valence-corrected chi connectivity index (χ1v) is 11.6. The summed E-state index contributed by atoms with van der Waals surface area (Å²) in [6.45, 7) is 11.9. The summed E-state index contributed by atoms with van der Waals surface area (Å²) in [7, 11) is 1.62. The molecule has 0 saturated heterocycles. The molecule has 0 aliphatic rings. The maximum atomic E-state index is 12.1. The quantitative estimate of drug-likeness (QED) is 0.337. The molecular formula is C28H42O4. The lowest BCUT2D eigenvalue weighted by Crippen LogP contribution is -2.10. The number of ketones is 1. The number of aliphatic hydroxyl groups is 1. The summed E-state index contributed by atoms with van der Waals surface area (Å²) < 4.78 is 5.29. The van der Waals surface area contributed by atoms with Gasteiger partial charge < -0.3 is 14.9 Å². The zero-order chi connectivity index (χ0) is 24.3. The number of allylic oxidation sites excluding steroid dienone is 4. The third-order valence-corrected chi connectivity index (χ3v) is 5.74. The smallest absolute Gasteiger partial charge is 0.139 e. The van der Waals surface area contributed by atoms with Gasteiger partial charge in [0.1, 0.15) is 17.3 Å². The van der Waals surface area contributed by atoms with Gasteiger partial charge in [0.25, 0.3) is 0 Å². The van der Waals surface area contributed by atoms with Crippen molar-refractivity contribution >= 4 is 5.78 Å². The molecule has 0 fully saturated rings. The van der Waals surface area contributed by atoms with E-state index < -0.39 is 6.10 Å². The number of hydrogen-bond acceptors (Lipinski definition) is 4. The van der Waals surface area contributed by atoms with Crippen LogP contribution in [0.3, 0.4) is 0 Å². The van der Waals surface area contributed by atoms with Crippen molar-refractivity contribution in [3.05, 3.63) is 58.2 Å². The highest BCUT2D eigenvalue weighted by atomic mass is 16.5. The molecule has 2 atom stereocenters. The Morgan fingerprint density at radius 1 is 1.12 bits per heavy atom. The Kier molecular flexibility index (Phi) is 12.1. The molecule has 178 valence electrons. The van der Waals surface area contributed by atoms with Crippen LogP contribution in [0.2, 0.25) is 0 Å². The second-order valence-corrected chi connectivity index (χ2v) is 9.24. The van der Waals surface area contributed by atoms with Gasteiger partial charge in [0.15, 0.2) is 0 Å². The number of hydrogen-bond donors (Lipinski definition) is 2. The molecule has 4 nitrogen and oxygen atoms in total. The number of aromatic hydroxyl groups is 1. The Labute approximate surface area is 194 Å².